The van der Waals surface area contributed by atoms with Gasteiger partial charge < -0.3 is 9.47 Å². The van der Waals surface area contributed by atoms with Gasteiger partial charge >= 0.3 is 5.97 Å². The molecule has 1 saturated carbocycles. The van der Waals surface area contributed by atoms with E-state index in [0.29, 0.717) is 36.5 Å². The van der Waals surface area contributed by atoms with Crippen LogP contribution in [-0.2, 0) is 9.53 Å². The van der Waals surface area contributed by atoms with E-state index < -0.39 is 0 Å². The van der Waals surface area contributed by atoms with Gasteiger partial charge in [0.25, 0.3) is 0 Å². The lowest BCUT2D eigenvalue weighted by molar-refractivity contribution is -0.145. The van der Waals surface area contributed by atoms with Crippen LogP contribution >= 0.6 is 11.6 Å². The van der Waals surface area contributed by atoms with Crippen LogP contribution in [0.4, 0.5) is 0 Å². The molecule has 0 bridgehead atoms. The molecule has 3 nitrogen and oxygen atoms in total. The molecule has 1 atom stereocenters. The maximum atomic E-state index is 12.7. The van der Waals surface area contributed by atoms with Gasteiger partial charge in [0, 0.05) is 10.6 Å². The Kier molecular flexibility index (Phi) is 7.01. The standard InChI is InChI=1S/C24H29ClO3/c1-4-27-24(26)21(12-16(2)3)20-13-19(18-8-6-5-7-9-18)23(14-22(20)25)28-15-17-10-11-17/h5-9,13-14,16-17,21H,4,10-12,15H2,1-3H3. The number of carbonyl (C=O) groups is 1. The minimum absolute atomic E-state index is 0.219. The Morgan fingerprint density at radius 2 is 1.89 bits per heavy atom. The van der Waals surface area contributed by atoms with Gasteiger partial charge in [-0.2, -0.15) is 0 Å². The minimum Gasteiger partial charge on any atom is -0.493 e. The number of benzene rings is 2. The van der Waals surface area contributed by atoms with Gasteiger partial charge in [0.05, 0.1) is 19.1 Å². The Morgan fingerprint density at radius 1 is 1.18 bits per heavy atom. The Labute approximate surface area is 173 Å². The number of esters is 1. The van der Waals surface area contributed by atoms with Gasteiger partial charge in [0.15, 0.2) is 0 Å². The third kappa shape index (κ3) is 5.29. The molecule has 28 heavy (non-hydrogen) atoms. The first-order valence-corrected chi connectivity index (χ1v) is 10.6. The zero-order chi connectivity index (χ0) is 20.1. The van der Waals surface area contributed by atoms with E-state index in [1.54, 1.807) is 0 Å². The number of halogens is 1. The van der Waals surface area contributed by atoms with Gasteiger partial charge in [-0.3, -0.25) is 4.79 Å². The Hall–Kier alpha value is -2.00. The fourth-order valence-electron chi connectivity index (χ4n) is 3.36. The molecule has 0 aromatic heterocycles. The molecule has 2 aromatic carbocycles. The lowest BCUT2D eigenvalue weighted by Gasteiger charge is -2.22. The van der Waals surface area contributed by atoms with Crippen molar-refractivity contribution in [2.75, 3.05) is 13.2 Å². The fourth-order valence-corrected chi connectivity index (χ4v) is 3.64. The van der Waals surface area contributed by atoms with Crippen LogP contribution < -0.4 is 4.74 Å². The predicted molar refractivity (Wildman–Crippen MR) is 114 cm³/mol. The molecule has 0 saturated heterocycles. The maximum absolute atomic E-state index is 12.7. The first-order chi connectivity index (χ1) is 13.5. The molecule has 1 fully saturated rings. The highest BCUT2D eigenvalue weighted by Gasteiger charge is 2.28. The van der Waals surface area contributed by atoms with E-state index in [9.17, 15) is 4.79 Å². The van der Waals surface area contributed by atoms with E-state index in [4.69, 9.17) is 21.1 Å². The van der Waals surface area contributed by atoms with Crippen molar-refractivity contribution in [3.63, 3.8) is 0 Å². The van der Waals surface area contributed by atoms with E-state index in [1.807, 2.05) is 37.3 Å². The number of hydrogen-bond donors (Lipinski definition) is 0. The minimum atomic E-state index is -0.382. The van der Waals surface area contributed by atoms with Crippen molar-refractivity contribution in [3.8, 4) is 16.9 Å². The average Bonchev–Trinajstić information content (AvgIpc) is 3.50. The lowest BCUT2D eigenvalue weighted by Crippen LogP contribution is -2.18. The Balaban J connectivity index is 2.03. The quantitative estimate of drug-likeness (QED) is 0.451. The number of ether oxygens (including phenoxy) is 2. The normalized spacial score (nSPS) is 14.8. The van der Waals surface area contributed by atoms with Crippen molar-refractivity contribution in [2.45, 2.75) is 46.0 Å². The van der Waals surface area contributed by atoms with E-state index in [1.165, 1.54) is 12.8 Å². The zero-order valence-corrected chi connectivity index (χ0v) is 17.7. The van der Waals surface area contributed by atoms with Crippen molar-refractivity contribution in [3.05, 3.63) is 53.1 Å². The van der Waals surface area contributed by atoms with Crippen molar-refractivity contribution in [1.82, 2.24) is 0 Å². The number of carbonyl (C=O) groups excluding carboxylic acids is 1. The molecule has 0 heterocycles. The summed E-state index contributed by atoms with van der Waals surface area (Å²) in [5, 5.41) is 0.559. The van der Waals surface area contributed by atoms with E-state index in [0.717, 1.165) is 22.4 Å². The summed E-state index contributed by atoms with van der Waals surface area (Å²) in [5.74, 6) is 1.17. The molecule has 1 unspecified atom stereocenters. The second kappa shape index (κ2) is 9.47. The van der Waals surface area contributed by atoms with Gasteiger partial charge in [-0.15, -0.1) is 0 Å². The van der Waals surface area contributed by atoms with Crippen LogP contribution in [0.5, 0.6) is 5.75 Å². The van der Waals surface area contributed by atoms with Crippen LogP contribution in [0, 0.1) is 11.8 Å². The van der Waals surface area contributed by atoms with Crippen molar-refractivity contribution >= 4 is 17.6 Å². The first kappa shape index (κ1) is 20.7. The maximum Gasteiger partial charge on any atom is 0.313 e. The summed E-state index contributed by atoms with van der Waals surface area (Å²) < 4.78 is 11.5. The highest BCUT2D eigenvalue weighted by molar-refractivity contribution is 6.32. The smallest absolute Gasteiger partial charge is 0.313 e. The van der Waals surface area contributed by atoms with Crippen LogP contribution in [0.25, 0.3) is 11.1 Å². The van der Waals surface area contributed by atoms with Crippen molar-refractivity contribution in [2.24, 2.45) is 11.8 Å². The summed E-state index contributed by atoms with van der Waals surface area (Å²) in [7, 11) is 0. The summed E-state index contributed by atoms with van der Waals surface area (Å²) in [6.07, 6.45) is 3.15. The van der Waals surface area contributed by atoms with Gasteiger partial charge in [-0.1, -0.05) is 55.8 Å². The average molecular weight is 401 g/mol. The van der Waals surface area contributed by atoms with Gasteiger partial charge in [-0.25, -0.2) is 0 Å². The van der Waals surface area contributed by atoms with Gasteiger partial charge in [0.2, 0.25) is 0 Å². The fraction of sp³-hybridized carbons (Fsp3) is 0.458. The zero-order valence-electron chi connectivity index (χ0n) is 16.9. The second-order valence-corrected chi connectivity index (χ2v) is 8.33. The molecule has 1 aliphatic rings. The van der Waals surface area contributed by atoms with Crippen molar-refractivity contribution < 1.29 is 14.3 Å². The summed E-state index contributed by atoms with van der Waals surface area (Å²) in [6.45, 7) is 7.11. The second-order valence-electron chi connectivity index (χ2n) is 7.92. The summed E-state index contributed by atoms with van der Waals surface area (Å²) in [4.78, 5) is 12.7. The van der Waals surface area contributed by atoms with E-state index >= 15 is 0 Å². The van der Waals surface area contributed by atoms with E-state index in [-0.39, 0.29) is 11.9 Å². The highest BCUT2D eigenvalue weighted by Crippen LogP contribution is 2.41. The molecule has 150 valence electrons. The van der Waals surface area contributed by atoms with Gasteiger partial charge in [-0.05, 0) is 61.3 Å². The predicted octanol–water partition coefficient (Wildman–Crippen LogP) is 6.49. The molecule has 0 aliphatic heterocycles. The third-order valence-electron chi connectivity index (χ3n) is 5.01. The van der Waals surface area contributed by atoms with Crippen LogP contribution in [0.2, 0.25) is 5.02 Å². The number of hydrogen-bond acceptors (Lipinski definition) is 3. The molecule has 0 amide bonds. The number of rotatable bonds is 9. The summed E-state index contributed by atoms with van der Waals surface area (Å²) in [6, 6.07) is 14.0. The summed E-state index contributed by atoms with van der Waals surface area (Å²) in [5.41, 5.74) is 2.84. The molecule has 3 rings (SSSR count). The molecule has 0 spiro atoms. The van der Waals surface area contributed by atoms with Crippen LogP contribution in [0.15, 0.2) is 42.5 Å². The molecular weight excluding hydrogens is 372 g/mol. The van der Waals surface area contributed by atoms with Gasteiger partial charge in [0.1, 0.15) is 5.75 Å². The lowest BCUT2D eigenvalue weighted by atomic mass is 9.88. The monoisotopic (exact) mass is 400 g/mol. The third-order valence-corrected chi connectivity index (χ3v) is 5.34. The first-order valence-electron chi connectivity index (χ1n) is 10.2. The molecular formula is C24H29ClO3. The van der Waals surface area contributed by atoms with Crippen LogP contribution in [0.3, 0.4) is 0 Å². The van der Waals surface area contributed by atoms with Crippen molar-refractivity contribution in [1.29, 1.82) is 0 Å². The summed E-state index contributed by atoms with van der Waals surface area (Å²) >= 11 is 6.65. The molecule has 0 N–H and O–H groups in total. The molecule has 0 radical (unpaired) electrons. The topological polar surface area (TPSA) is 35.5 Å². The largest absolute Gasteiger partial charge is 0.493 e. The molecule has 1 aliphatic carbocycles. The Morgan fingerprint density at radius 3 is 2.50 bits per heavy atom. The van der Waals surface area contributed by atoms with Crippen LogP contribution in [-0.4, -0.2) is 19.2 Å². The van der Waals surface area contributed by atoms with Crippen LogP contribution in [0.1, 0.15) is 51.5 Å². The highest BCUT2D eigenvalue weighted by atomic mass is 35.5. The van der Waals surface area contributed by atoms with E-state index in [2.05, 4.69) is 26.0 Å². The SMILES string of the molecule is CCOC(=O)C(CC(C)C)c1cc(-c2ccccc2)c(OCC2CC2)cc1Cl. The Bertz CT molecular complexity index is 797. The molecule has 2 aromatic rings. The molecule has 4 heteroatoms.